The zero-order valence-electron chi connectivity index (χ0n) is 11.5. The third kappa shape index (κ3) is 3.99. The molecule has 1 aliphatic carbocycles. The average Bonchev–Trinajstić information content (AvgIpc) is 2.84. The van der Waals surface area contributed by atoms with Crippen LogP contribution in [-0.2, 0) is 14.8 Å². The predicted octanol–water partition coefficient (Wildman–Crippen LogP) is 0.770. The van der Waals surface area contributed by atoms with Gasteiger partial charge < -0.3 is 10.1 Å². The molecule has 0 heterocycles. The van der Waals surface area contributed by atoms with Crippen LogP contribution in [0.25, 0.3) is 0 Å². The molecule has 1 aliphatic rings. The molecule has 6 nitrogen and oxygen atoms in total. The number of ether oxygens (including phenoxy) is 1. The first-order chi connectivity index (χ1) is 9.79. The van der Waals surface area contributed by atoms with Crippen LogP contribution in [0.15, 0.2) is 23.1 Å². The second-order valence-corrected chi connectivity index (χ2v) is 6.62. The van der Waals surface area contributed by atoms with Crippen molar-refractivity contribution in [3.05, 3.63) is 29.6 Å². The molecule has 1 amide bonds. The maximum Gasteiger partial charge on any atom is 0.251 e. The Labute approximate surface area is 122 Å². The van der Waals surface area contributed by atoms with Crippen LogP contribution in [0.5, 0.6) is 0 Å². The smallest absolute Gasteiger partial charge is 0.251 e. The van der Waals surface area contributed by atoms with E-state index in [2.05, 4.69) is 5.32 Å². The first-order valence-electron chi connectivity index (χ1n) is 6.46. The Morgan fingerprint density at radius 1 is 1.38 bits per heavy atom. The van der Waals surface area contributed by atoms with E-state index in [1.54, 1.807) is 7.11 Å². The molecule has 0 aromatic heterocycles. The number of rotatable bonds is 4. The highest BCUT2D eigenvalue weighted by atomic mass is 32.2. The average molecular weight is 316 g/mol. The van der Waals surface area contributed by atoms with E-state index >= 15 is 0 Å². The van der Waals surface area contributed by atoms with Crippen molar-refractivity contribution in [3.8, 4) is 0 Å². The summed E-state index contributed by atoms with van der Waals surface area (Å²) in [6.45, 7) is 0. The fourth-order valence-corrected chi connectivity index (χ4v) is 2.98. The number of nitrogens with one attached hydrogen (secondary N) is 1. The molecule has 1 fully saturated rings. The van der Waals surface area contributed by atoms with Crippen LogP contribution in [0.4, 0.5) is 4.39 Å². The molecule has 1 aromatic carbocycles. The molecule has 116 valence electrons. The Balaban J connectivity index is 2.15. The number of hydrogen-bond donors (Lipinski definition) is 2. The highest BCUT2D eigenvalue weighted by Crippen LogP contribution is 2.22. The summed E-state index contributed by atoms with van der Waals surface area (Å²) in [5, 5.41) is 7.70. The van der Waals surface area contributed by atoms with Crippen LogP contribution >= 0.6 is 0 Å². The van der Waals surface area contributed by atoms with Gasteiger partial charge in [-0.1, -0.05) is 0 Å². The fourth-order valence-electron chi connectivity index (χ4n) is 2.41. The number of hydrogen-bond acceptors (Lipinski definition) is 4. The lowest BCUT2D eigenvalue weighted by Gasteiger charge is -2.13. The van der Waals surface area contributed by atoms with Crippen LogP contribution in [0, 0.1) is 5.82 Å². The minimum Gasteiger partial charge on any atom is -0.381 e. The van der Waals surface area contributed by atoms with Gasteiger partial charge in [-0.3, -0.25) is 4.79 Å². The molecule has 2 rings (SSSR count). The van der Waals surface area contributed by atoms with Gasteiger partial charge in [-0.25, -0.2) is 17.9 Å². The molecule has 0 radical (unpaired) electrons. The summed E-state index contributed by atoms with van der Waals surface area (Å²) in [4.78, 5) is 11.7. The normalized spacial score (nSPS) is 22.2. The number of carbonyl (C=O) groups is 1. The third-order valence-electron chi connectivity index (χ3n) is 3.52. The lowest BCUT2D eigenvalue weighted by molar-refractivity contribution is 0.0914. The molecule has 21 heavy (non-hydrogen) atoms. The number of sulfonamides is 1. The number of nitrogens with two attached hydrogens (primary N) is 1. The molecule has 0 saturated heterocycles. The van der Waals surface area contributed by atoms with Gasteiger partial charge in [0.1, 0.15) is 5.82 Å². The van der Waals surface area contributed by atoms with E-state index in [0.29, 0.717) is 6.42 Å². The van der Waals surface area contributed by atoms with Crippen LogP contribution in [0.1, 0.15) is 29.6 Å². The predicted molar refractivity (Wildman–Crippen MR) is 73.7 cm³/mol. The SMILES string of the molecule is COC1CCC(NC(=O)c2cc(F)cc(S(N)(=O)=O)c2)C1. The van der Waals surface area contributed by atoms with Crippen molar-refractivity contribution in [2.24, 2.45) is 5.14 Å². The highest BCUT2D eigenvalue weighted by Gasteiger charge is 2.26. The molecular formula is C13H17FN2O4S. The van der Waals surface area contributed by atoms with Crippen molar-refractivity contribution in [2.75, 3.05) is 7.11 Å². The Bertz CT molecular complexity index is 648. The van der Waals surface area contributed by atoms with E-state index < -0.39 is 26.6 Å². The maximum absolute atomic E-state index is 13.4. The molecule has 1 aromatic rings. The minimum atomic E-state index is -4.06. The third-order valence-corrected chi connectivity index (χ3v) is 4.41. The van der Waals surface area contributed by atoms with Gasteiger partial charge in [0, 0.05) is 18.7 Å². The quantitative estimate of drug-likeness (QED) is 0.857. The molecular weight excluding hydrogens is 299 g/mol. The van der Waals surface area contributed by atoms with Gasteiger partial charge in [-0.05, 0) is 37.5 Å². The Hall–Kier alpha value is -1.51. The highest BCUT2D eigenvalue weighted by molar-refractivity contribution is 7.89. The van der Waals surface area contributed by atoms with E-state index in [0.717, 1.165) is 31.0 Å². The zero-order chi connectivity index (χ0) is 15.6. The van der Waals surface area contributed by atoms with Crippen molar-refractivity contribution >= 4 is 15.9 Å². The number of benzene rings is 1. The Kier molecular flexibility index (Phi) is 4.60. The van der Waals surface area contributed by atoms with Crippen molar-refractivity contribution in [2.45, 2.75) is 36.3 Å². The van der Waals surface area contributed by atoms with Crippen LogP contribution in [0.2, 0.25) is 0 Å². The summed E-state index contributed by atoms with van der Waals surface area (Å²) < 4.78 is 41.1. The first-order valence-corrected chi connectivity index (χ1v) is 8.01. The van der Waals surface area contributed by atoms with Crippen molar-refractivity contribution in [1.29, 1.82) is 0 Å². The van der Waals surface area contributed by atoms with E-state index in [4.69, 9.17) is 9.88 Å². The second-order valence-electron chi connectivity index (χ2n) is 5.06. The summed E-state index contributed by atoms with van der Waals surface area (Å²) in [7, 11) is -2.45. The number of amides is 1. The van der Waals surface area contributed by atoms with Gasteiger partial charge in [-0.2, -0.15) is 0 Å². The molecule has 2 unspecified atom stereocenters. The van der Waals surface area contributed by atoms with Crippen LogP contribution < -0.4 is 10.5 Å². The summed E-state index contributed by atoms with van der Waals surface area (Å²) in [5.41, 5.74) is -0.0695. The topological polar surface area (TPSA) is 98.5 Å². The summed E-state index contributed by atoms with van der Waals surface area (Å²) in [5.74, 6) is -1.35. The Morgan fingerprint density at radius 3 is 2.67 bits per heavy atom. The number of methoxy groups -OCH3 is 1. The summed E-state index contributed by atoms with van der Waals surface area (Å²) >= 11 is 0. The van der Waals surface area contributed by atoms with Gasteiger partial charge in [0.25, 0.3) is 5.91 Å². The second kappa shape index (κ2) is 6.08. The molecule has 0 aliphatic heterocycles. The Morgan fingerprint density at radius 2 is 2.10 bits per heavy atom. The van der Waals surface area contributed by atoms with E-state index in [1.807, 2.05) is 0 Å². The molecule has 1 saturated carbocycles. The first kappa shape index (κ1) is 15.9. The molecule has 3 N–H and O–H groups in total. The van der Waals surface area contributed by atoms with Crippen molar-refractivity contribution in [3.63, 3.8) is 0 Å². The largest absolute Gasteiger partial charge is 0.381 e. The van der Waals surface area contributed by atoms with Crippen molar-refractivity contribution in [1.82, 2.24) is 5.32 Å². The van der Waals surface area contributed by atoms with E-state index in [1.165, 1.54) is 0 Å². The van der Waals surface area contributed by atoms with E-state index in [-0.39, 0.29) is 17.7 Å². The molecule has 8 heteroatoms. The minimum absolute atomic E-state index is 0.0661. The van der Waals surface area contributed by atoms with Gasteiger partial charge in [-0.15, -0.1) is 0 Å². The number of halogens is 1. The monoisotopic (exact) mass is 316 g/mol. The van der Waals surface area contributed by atoms with Crippen LogP contribution in [-0.4, -0.2) is 33.6 Å². The van der Waals surface area contributed by atoms with Crippen molar-refractivity contribution < 1.29 is 22.3 Å². The van der Waals surface area contributed by atoms with Crippen LogP contribution in [0.3, 0.4) is 0 Å². The van der Waals surface area contributed by atoms with Gasteiger partial charge in [0.05, 0.1) is 11.0 Å². The number of primary sulfonamides is 1. The lowest BCUT2D eigenvalue weighted by atomic mass is 10.1. The van der Waals surface area contributed by atoms with Gasteiger partial charge >= 0.3 is 0 Å². The summed E-state index contributed by atoms with van der Waals surface area (Å²) in [6.07, 6.45) is 2.39. The van der Waals surface area contributed by atoms with E-state index in [9.17, 15) is 17.6 Å². The maximum atomic E-state index is 13.4. The molecule has 2 atom stereocenters. The number of carbonyl (C=O) groups excluding carboxylic acids is 1. The molecule has 0 spiro atoms. The zero-order valence-corrected chi connectivity index (χ0v) is 12.3. The van der Waals surface area contributed by atoms with Gasteiger partial charge in [0.15, 0.2) is 0 Å². The summed E-state index contributed by atoms with van der Waals surface area (Å²) in [6, 6.07) is 2.76. The standard InChI is InChI=1S/C13H17FN2O4S/c1-20-11-3-2-10(7-11)16-13(17)8-4-9(14)6-12(5-8)21(15,18)19/h4-6,10-11H,2-3,7H2,1H3,(H,16,17)(H2,15,18,19). The fraction of sp³-hybridized carbons (Fsp3) is 0.462. The lowest BCUT2D eigenvalue weighted by Crippen LogP contribution is -2.33. The van der Waals surface area contributed by atoms with Gasteiger partial charge in [0.2, 0.25) is 10.0 Å². The molecule has 0 bridgehead atoms.